The molecule has 0 bridgehead atoms. The average molecular weight is 404 g/mol. The summed E-state index contributed by atoms with van der Waals surface area (Å²) in [7, 11) is 0. The third-order valence-electron chi connectivity index (χ3n) is 4.78. The minimum atomic E-state index is -0.717. The van der Waals surface area contributed by atoms with Crippen LogP contribution in [0.5, 0.6) is 0 Å². The summed E-state index contributed by atoms with van der Waals surface area (Å²) in [6.45, 7) is 0.210. The van der Waals surface area contributed by atoms with Gasteiger partial charge in [0.05, 0.1) is 6.26 Å². The zero-order valence-corrected chi connectivity index (χ0v) is 16.2. The fourth-order valence-electron chi connectivity index (χ4n) is 3.38. The molecule has 0 radical (unpaired) electrons. The molecule has 7 heteroatoms. The molecule has 2 aromatic carbocycles. The molecule has 0 atom stereocenters. The summed E-state index contributed by atoms with van der Waals surface area (Å²) in [5.41, 5.74) is 2.67. The Morgan fingerprint density at radius 3 is 2.67 bits per heavy atom. The maximum atomic E-state index is 12.4. The Bertz CT molecular complexity index is 1070. The van der Waals surface area contributed by atoms with Crippen LogP contribution in [0.3, 0.4) is 0 Å². The molecule has 0 saturated carbocycles. The molecule has 0 aliphatic carbocycles. The molecule has 1 aromatic heterocycles. The number of nitrogens with one attached hydrogen (secondary N) is 1. The first-order chi connectivity index (χ1) is 14.6. The monoisotopic (exact) mass is 404 g/mol. The van der Waals surface area contributed by atoms with E-state index in [0.29, 0.717) is 24.2 Å². The van der Waals surface area contributed by atoms with E-state index in [1.54, 1.807) is 29.2 Å². The summed E-state index contributed by atoms with van der Waals surface area (Å²) in [6.07, 6.45) is 2.76. The van der Waals surface area contributed by atoms with Gasteiger partial charge in [-0.15, -0.1) is 0 Å². The van der Waals surface area contributed by atoms with Gasteiger partial charge in [0.25, 0.3) is 5.91 Å². The number of hydrogen-bond donors (Lipinski definition) is 1. The molecule has 0 unspecified atom stereocenters. The first kappa shape index (κ1) is 19.4. The number of rotatable bonds is 6. The van der Waals surface area contributed by atoms with Crippen LogP contribution in [0.1, 0.15) is 23.4 Å². The largest absolute Gasteiger partial charge is 0.457 e. The molecular weight excluding hydrogens is 384 g/mol. The molecule has 1 fully saturated rings. The summed E-state index contributed by atoms with van der Waals surface area (Å²) >= 11 is 0. The van der Waals surface area contributed by atoms with Crippen LogP contribution in [0.2, 0.25) is 0 Å². The predicted octanol–water partition coefficient (Wildman–Crippen LogP) is 3.87. The van der Waals surface area contributed by atoms with E-state index in [0.717, 1.165) is 17.7 Å². The van der Waals surface area contributed by atoms with Crippen LogP contribution >= 0.6 is 0 Å². The maximum Gasteiger partial charge on any atom is 0.375 e. The van der Waals surface area contributed by atoms with Crippen molar-refractivity contribution in [3.05, 3.63) is 72.7 Å². The highest BCUT2D eigenvalue weighted by atomic mass is 16.5. The SMILES string of the molecule is O=C(COC(=O)c1occc1-c1ccccc1)Nc1cccc(N2CCCC2=O)c1. The lowest BCUT2D eigenvalue weighted by Gasteiger charge is -2.16. The number of esters is 1. The van der Waals surface area contributed by atoms with E-state index >= 15 is 0 Å². The van der Waals surface area contributed by atoms with Crippen LogP contribution in [-0.2, 0) is 14.3 Å². The number of furan rings is 1. The lowest BCUT2D eigenvalue weighted by atomic mass is 10.1. The van der Waals surface area contributed by atoms with Crippen LogP contribution in [0.15, 0.2) is 71.3 Å². The van der Waals surface area contributed by atoms with E-state index in [4.69, 9.17) is 9.15 Å². The number of anilines is 2. The molecule has 2 heterocycles. The summed E-state index contributed by atoms with van der Waals surface area (Å²) in [5.74, 6) is -1.09. The zero-order chi connectivity index (χ0) is 20.9. The Balaban J connectivity index is 1.36. The molecule has 0 spiro atoms. The second-order valence-electron chi connectivity index (χ2n) is 6.85. The van der Waals surface area contributed by atoms with E-state index in [-0.39, 0.29) is 11.7 Å². The first-order valence-corrected chi connectivity index (χ1v) is 9.62. The van der Waals surface area contributed by atoms with Gasteiger partial charge in [-0.1, -0.05) is 36.4 Å². The van der Waals surface area contributed by atoms with Crippen molar-refractivity contribution in [3.8, 4) is 11.1 Å². The Kier molecular flexibility index (Phi) is 5.61. The van der Waals surface area contributed by atoms with Gasteiger partial charge in [-0.3, -0.25) is 9.59 Å². The van der Waals surface area contributed by atoms with E-state index < -0.39 is 18.5 Å². The normalized spacial score (nSPS) is 13.3. The standard InChI is InChI=1S/C23H20N2O5/c26-20(24-17-8-4-9-18(14-17)25-12-5-10-21(25)27)15-30-23(28)22-19(11-13-29-22)16-6-2-1-3-7-16/h1-4,6-9,11,13-14H,5,10,12,15H2,(H,24,26). The number of carbonyl (C=O) groups is 3. The highest BCUT2D eigenvalue weighted by Crippen LogP contribution is 2.26. The fraction of sp³-hybridized carbons (Fsp3) is 0.174. The van der Waals surface area contributed by atoms with Gasteiger partial charge in [-0.2, -0.15) is 0 Å². The molecule has 7 nitrogen and oxygen atoms in total. The lowest BCUT2D eigenvalue weighted by Crippen LogP contribution is -2.24. The van der Waals surface area contributed by atoms with Gasteiger partial charge >= 0.3 is 5.97 Å². The fourth-order valence-corrected chi connectivity index (χ4v) is 3.38. The van der Waals surface area contributed by atoms with E-state index in [1.807, 2.05) is 36.4 Å². The number of amides is 2. The van der Waals surface area contributed by atoms with Crippen molar-refractivity contribution < 1.29 is 23.5 Å². The maximum absolute atomic E-state index is 12.4. The highest BCUT2D eigenvalue weighted by molar-refractivity contribution is 5.99. The quantitative estimate of drug-likeness (QED) is 0.630. The minimum absolute atomic E-state index is 0.0449. The van der Waals surface area contributed by atoms with Crippen LogP contribution < -0.4 is 10.2 Å². The smallest absolute Gasteiger partial charge is 0.375 e. The van der Waals surface area contributed by atoms with Crippen LogP contribution in [-0.4, -0.2) is 30.9 Å². The molecule has 4 rings (SSSR count). The summed E-state index contributed by atoms with van der Waals surface area (Å²) in [4.78, 5) is 38.2. The number of hydrogen-bond acceptors (Lipinski definition) is 5. The van der Waals surface area contributed by atoms with Gasteiger partial charge in [0.2, 0.25) is 11.7 Å². The summed E-state index contributed by atoms with van der Waals surface area (Å²) in [6, 6.07) is 18.0. The number of carbonyl (C=O) groups excluding carboxylic acids is 3. The molecule has 152 valence electrons. The van der Waals surface area contributed by atoms with E-state index in [2.05, 4.69) is 5.32 Å². The first-order valence-electron chi connectivity index (χ1n) is 9.62. The van der Waals surface area contributed by atoms with Crippen LogP contribution in [0, 0.1) is 0 Å². The Hall–Kier alpha value is -3.87. The second-order valence-corrected chi connectivity index (χ2v) is 6.85. The van der Waals surface area contributed by atoms with Gasteiger partial charge in [-0.05, 0) is 36.2 Å². The van der Waals surface area contributed by atoms with Gasteiger partial charge in [0.1, 0.15) is 0 Å². The van der Waals surface area contributed by atoms with Crippen molar-refractivity contribution in [1.82, 2.24) is 0 Å². The molecule has 1 saturated heterocycles. The Labute approximate surface area is 173 Å². The predicted molar refractivity (Wildman–Crippen MR) is 111 cm³/mol. The number of ether oxygens (including phenoxy) is 1. The van der Waals surface area contributed by atoms with Crippen molar-refractivity contribution in [3.63, 3.8) is 0 Å². The number of nitrogens with zero attached hydrogens (tertiary/aromatic N) is 1. The van der Waals surface area contributed by atoms with Crippen LogP contribution in [0.4, 0.5) is 11.4 Å². The van der Waals surface area contributed by atoms with Gasteiger partial charge < -0.3 is 19.4 Å². The lowest BCUT2D eigenvalue weighted by molar-refractivity contribution is -0.119. The third kappa shape index (κ3) is 4.25. The zero-order valence-electron chi connectivity index (χ0n) is 16.2. The second kappa shape index (κ2) is 8.65. The molecule has 1 aliphatic heterocycles. The minimum Gasteiger partial charge on any atom is -0.457 e. The average Bonchev–Trinajstić information content (AvgIpc) is 3.42. The summed E-state index contributed by atoms with van der Waals surface area (Å²) in [5, 5.41) is 2.68. The molecule has 3 aromatic rings. The molecule has 1 N–H and O–H groups in total. The van der Waals surface area contributed by atoms with Gasteiger partial charge in [0, 0.05) is 29.9 Å². The molecular formula is C23H20N2O5. The molecule has 2 amide bonds. The number of benzene rings is 2. The van der Waals surface area contributed by atoms with E-state index in [1.165, 1.54) is 6.26 Å². The van der Waals surface area contributed by atoms with Crippen molar-refractivity contribution in [2.75, 3.05) is 23.4 Å². The highest BCUT2D eigenvalue weighted by Gasteiger charge is 2.22. The van der Waals surface area contributed by atoms with Crippen molar-refractivity contribution in [1.29, 1.82) is 0 Å². The third-order valence-corrected chi connectivity index (χ3v) is 4.78. The van der Waals surface area contributed by atoms with Crippen molar-refractivity contribution in [2.24, 2.45) is 0 Å². The topological polar surface area (TPSA) is 88.8 Å². The van der Waals surface area contributed by atoms with Crippen molar-refractivity contribution in [2.45, 2.75) is 12.8 Å². The summed E-state index contributed by atoms with van der Waals surface area (Å²) < 4.78 is 10.4. The van der Waals surface area contributed by atoms with E-state index in [9.17, 15) is 14.4 Å². The van der Waals surface area contributed by atoms with Gasteiger partial charge in [-0.25, -0.2) is 4.79 Å². The Morgan fingerprint density at radius 1 is 1.07 bits per heavy atom. The molecule has 1 aliphatic rings. The Morgan fingerprint density at radius 2 is 1.90 bits per heavy atom. The molecule has 30 heavy (non-hydrogen) atoms. The van der Waals surface area contributed by atoms with Crippen molar-refractivity contribution >= 4 is 29.2 Å². The van der Waals surface area contributed by atoms with Gasteiger partial charge in [0.15, 0.2) is 6.61 Å². The van der Waals surface area contributed by atoms with Crippen LogP contribution in [0.25, 0.3) is 11.1 Å².